The summed E-state index contributed by atoms with van der Waals surface area (Å²) in [5.41, 5.74) is -1.15. The van der Waals surface area contributed by atoms with Crippen molar-refractivity contribution in [3.63, 3.8) is 0 Å². The lowest BCUT2D eigenvalue weighted by atomic mass is 10.0. The van der Waals surface area contributed by atoms with E-state index in [-0.39, 0.29) is 54.3 Å². The molecule has 11 nitrogen and oxygen atoms in total. The summed E-state index contributed by atoms with van der Waals surface area (Å²) >= 11 is 0. The number of alkyl halides is 3. The average Bonchev–Trinajstić information content (AvgIpc) is 2.90. The van der Waals surface area contributed by atoms with Crippen LogP contribution in [0.1, 0.15) is 37.5 Å². The van der Waals surface area contributed by atoms with Crippen molar-refractivity contribution in [2.24, 2.45) is 0 Å². The molecule has 3 aromatic rings. The normalized spacial score (nSPS) is 13.8. The van der Waals surface area contributed by atoms with Gasteiger partial charge in [0.2, 0.25) is 10.0 Å². The molecule has 2 N–H and O–H groups in total. The number of rotatable bonds is 4. The molecule has 0 radical (unpaired) electrons. The number of carbonyl (C=O) groups excluding carboxylic acids is 2. The number of sulfonamides is 1. The highest BCUT2D eigenvalue weighted by atomic mass is 32.2. The highest BCUT2D eigenvalue weighted by molar-refractivity contribution is 7.89. The Morgan fingerprint density at radius 1 is 0.975 bits per heavy atom. The lowest BCUT2D eigenvalue weighted by Gasteiger charge is -2.35. The molecule has 1 fully saturated rings. The van der Waals surface area contributed by atoms with Gasteiger partial charge in [-0.05, 0) is 36.4 Å². The molecule has 4 rings (SSSR count). The second kappa shape index (κ2) is 11.2. The zero-order valence-electron chi connectivity index (χ0n) is 20.8. The highest BCUT2D eigenvalue weighted by Crippen LogP contribution is 2.31. The van der Waals surface area contributed by atoms with Gasteiger partial charge in [0.15, 0.2) is 11.5 Å². The van der Waals surface area contributed by atoms with E-state index in [1.165, 1.54) is 41.6 Å². The van der Waals surface area contributed by atoms with E-state index in [9.17, 15) is 36.3 Å². The molecule has 1 saturated heterocycles. The summed E-state index contributed by atoms with van der Waals surface area (Å²) < 4.78 is 64.9. The van der Waals surface area contributed by atoms with E-state index in [0.717, 1.165) is 18.4 Å². The molecule has 2 aromatic heterocycles. The first-order chi connectivity index (χ1) is 18.8. The summed E-state index contributed by atoms with van der Waals surface area (Å²) in [5.74, 6) is 3.92. The van der Waals surface area contributed by atoms with Crippen LogP contribution < -0.4 is 9.62 Å². The predicted octanol–water partition coefficient (Wildman–Crippen LogP) is 1.65. The zero-order valence-corrected chi connectivity index (χ0v) is 21.6. The van der Waals surface area contributed by atoms with Gasteiger partial charge in [-0.1, -0.05) is 11.8 Å². The predicted molar refractivity (Wildman–Crippen MR) is 136 cm³/mol. The summed E-state index contributed by atoms with van der Waals surface area (Å²) in [7, 11) is -3.77. The lowest BCUT2D eigenvalue weighted by Crippen LogP contribution is -2.49. The summed E-state index contributed by atoms with van der Waals surface area (Å²) in [4.78, 5) is 32.0. The molecule has 0 atom stereocenters. The van der Waals surface area contributed by atoms with Crippen molar-refractivity contribution >= 4 is 27.7 Å². The molecule has 0 spiro atoms. The van der Waals surface area contributed by atoms with Crippen molar-refractivity contribution in [2.75, 3.05) is 37.3 Å². The van der Waals surface area contributed by atoms with Crippen LogP contribution in [0, 0.1) is 11.8 Å². The van der Waals surface area contributed by atoms with E-state index in [0.29, 0.717) is 5.82 Å². The maximum atomic E-state index is 13.6. The van der Waals surface area contributed by atoms with E-state index in [4.69, 9.17) is 0 Å². The van der Waals surface area contributed by atoms with Crippen LogP contribution in [0.15, 0.2) is 48.8 Å². The van der Waals surface area contributed by atoms with Gasteiger partial charge in [0.25, 0.3) is 11.8 Å². The number of hydrogen-bond donors (Lipinski definition) is 2. The Labute approximate surface area is 226 Å². The maximum Gasteiger partial charge on any atom is 0.416 e. The number of nitrogens with zero attached hydrogens (tertiary/aromatic N) is 5. The monoisotopic (exact) mass is 574 g/mol. The number of halogens is 3. The van der Waals surface area contributed by atoms with Crippen LogP contribution >= 0.6 is 0 Å². The number of anilines is 1. The van der Waals surface area contributed by atoms with Gasteiger partial charge in [0.1, 0.15) is 5.75 Å². The van der Waals surface area contributed by atoms with Crippen LogP contribution in [0.3, 0.4) is 0 Å². The molecule has 0 saturated carbocycles. The summed E-state index contributed by atoms with van der Waals surface area (Å²) in [6.07, 6.45) is -1.35. The van der Waals surface area contributed by atoms with Crippen LogP contribution in [0.2, 0.25) is 0 Å². The maximum absolute atomic E-state index is 13.6. The van der Waals surface area contributed by atoms with Gasteiger partial charge in [0.05, 0.1) is 18.0 Å². The molecular weight excluding hydrogens is 553 g/mol. The number of amides is 2. The molecular formula is C25H21F3N6O5S. The number of nitrogens with one attached hydrogen (secondary N) is 1. The lowest BCUT2D eigenvalue weighted by molar-refractivity contribution is -0.137. The van der Waals surface area contributed by atoms with E-state index in [2.05, 4.69) is 27.0 Å². The second-order valence-corrected chi connectivity index (χ2v) is 10.5. The smallest absolute Gasteiger partial charge is 0.416 e. The van der Waals surface area contributed by atoms with Gasteiger partial charge in [-0.3, -0.25) is 14.6 Å². The fourth-order valence-electron chi connectivity index (χ4n) is 3.78. The fraction of sp³-hybridized carbons (Fsp3) is 0.240. The minimum Gasteiger partial charge on any atom is -0.506 e. The minimum atomic E-state index is -4.71. The standard InChI is InChI=1S/C25H21F3N6O5S/c1-40(38,39)32-23(36)21-4-5-22(31-30-21)33-6-8-34(9-7-33)24(37)18-10-16(11-19(13-18)25(26,27)28)2-3-17-12-20(35)15-29-14-17/h4-5,10-15,35H,6-9H2,1H3,(H,32,36). The Morgan fingerprint density at radius 3 is 2.27 bits per heavy atom. The van der Waals surface area contributed by atoms with E-state index >= 15 is 0 Å². The topological polar surface area (TPSA) is 146 Å². The molecule has 0 unspecified atom stereocenters. The van der Waals surface area contributed by atoms with E-state index in [1.54, 1.807) is 9.62 Å². The first kappa shape index (κ1) is 28.3. The summed E-state index contributed by atoms with van der Waals surface area (Å²) in [5, 5.41) is 17.2. The van der Waals surface area contributed by atoms with Gasteiger partial charge >= 0.3 is 6.18 Å². The number of aromatic nitrogens is 3. The molecule has 0 aliphatic carbocycles. The Kier molecular flexibility index (Phi) is 7.91. The number of aromatic hydroxyl groups is 1. The van der Waals surface area contributed by atoms with Gasteiger partial charge < -0.3 is 14.9 Å². The molecule has 3 heterocycles. The first-order valence-corrected chi connectivity index (χ1v) is 13.5. The number of benzene rings is 1. The Balaban J connectivity index is 1.47. The number of hydrogen-bond acceptors (Lipinski definition) is 9. The van der Waals surface area contributed by atoms with Crippen molar-refractivity contribution in [1.29, 1.82) is 0 Å². The number of pyridine rings is 1. The van der Waals surface area contributed by atoms with Crippen LogP contribution in [-0.4, -0.2) is 77.9 Å². The van der Waals surface area contributed by atoms with Crippen molar-refractivity contribution in [3.05, 3.63) is 76.7 Å². The van der Waals surface area contributed by atoms with Crippen molar-refractivity contribution in [3.8, 4) is 17.6 Å². The quantitative estimate of drug-likeness (QED) is 0.444. The Bertz CT molecular complexity index is 1610. The minimum absolute atomic E-state index is 0.0320. The molecule has 0 bridgehead atoms. The molecule has 1 aliphatic rings. The molecule has 2 amide bonds. The third-order valence-electron chi connectivity index (χ3n) is 5.63. The van der Waals surface area contributed by atoms with Crippen molar-refractivity contribution in [2.45, 2.75) is 6.18 Å². The van der Waals surface area contributed by atoms with E-state index in [1.807, 2.05) is 0 Å². The van der Waals surface area contributed by atoms with E-state index < -0.39 is 33.6 Å². The molecule has 208 valence electrons. The largest absolute Gasteiger partial charge is 0.506 e. The van der Waals surface area contributed by atoms with Gasteiger partial charge in [0, 0.05) is 49.1 Å². The van der Waals surface area contributed by atoms with Crippen molar-refractivity contribution in [1.82, 2.24) is 24.8 Å². The highest BCUT2D eigenvalue weighted by Gasteiger charge is 2.33. The molecule has 40 heavy (non-hydrogen) atoms. The van der Waals surface area contributed by atoms with Crippen LogP contribution in [-0.2, 0) is 16.2 Å². The molecule has 15 heteroatoms. The Hall–Kier alpha value is -4.71. The molecule has 1 aliphatic heterocycles. The van der Waals surface area contributed by atoms with Crippen LogP contribution in [0.4, 0.5) is 19.0 Å². The average molecular weight is 575 g/mol. The molecule has 1 aromatic carbocycles. The second-order valence-electron chi connectivity index (χ2n) is 8.74. The van der Waals surface area contributed by atoms with Gasteiger partial charge in [-0.15, -0.1) is 10.2 Å². The first-order valence-electron chi connectivity index (χ1n) is 11.6. The van der Waals surface area contributed by atoms with Crippen LogP contribution in [0.25, 0.3) is 0 Å². The number of piperazine rings is 1. The summed E-state index contributed by atoms with van der Waals surface area (Å²) in [6.45, 7) is 0.906. The third kappa shape index (κ3) is 7.23. The van der Waals surface area contributed by atoms with Gasteiger partial charge in [-0.25, -0.2) is 13.1 Å². The Morgan fingerprint density at radius 2 is 1.68 bits per heavy atom. The summed E-state index contributed by atoms with van der Waals surface area (Å²) in [6, 6.07) is 6.98. The number of carbonyl (C=O) groups is 2. The van der Waals surface area contributed by atoms with Crippen molar-refractivity contribution < 1.29 is 36.3 Å². The third-order valence-corrected chi connectivity index (χ3v) is 6.19. The fourth-order valence-corrected chi connectivity index (χ4v) is 4.23. The van der Waals surface area contributed by atoms with Crippen LogP contribution in [0.5, 0.6) is 5.75 Å². The van der Waals surface area contributed by atoms with Gasteiger partial charge in [-0.2, -0.15) is 13.2 Å². The zero-order chi connectivity index (χ0) is 29.1. The SMILES string of the molecule is CS(=O)(=O)NC(=O)c1ccc(N2CCN(C(=O)c3cc(C#Cc4cncc(O)c4)cc(C(F)(F)F)c3)CC2)nn1.